The van der Waals surface area contributed by atoms with Crippen LogP contribution in [0.1, 0.15) is 24.5 Å². The summed E-state index contributed by atoms with van der Waals surface area (Å²) < 4.78 is 51.9. The molecule has 0 spiro atoms. The molecule has 8 heteroatoms. The van der Waals surface area contributed by atoms with Crippen molar-refractivity contribution in [1.82, 2.24) is 9.62 Å². The van der Waals surface area contributed by atoms with Gasteiger partial charge in [-0.2, -0.15) is 0 Å². The zero-order valence-corrected chi connectivity index (χ0v) is 13.1. The van der Waals surface area contributed by atoms with Gasteiger partial charge in [-0.05, 0) is 37.6 Å². The van der Waals surface area contributed by atoms with Crippen LogP contribution >= 0.6 is 0 Å². The van der Waals surface area contributed by atoms with E-state index in [1.807, 2.05) is 4.90 Å². The molecular formula is C14H20F2N2O3S. The van der Waals surface area contributed by atoms with Gasteiger partial charge < -0.3 is 5.11 Å². The lowest BCUT2D eigenvalue weighted by Crippen LogP contribution is -2.48. The lowest BCUT2D eigenvalue weighted by atomic mass is 10.0. The van der Waals surface area contributed by atoms with Gasteiger partial charge in [0.15, 0.2) is 0 Å². The van der Waals surface area contributed by atoms with E-state index in [2.05, 4.69) is 4.72 Å². The number of aliphatic hydroxyl groups excluding tert-OH is 1. The van der Waals surface area contributed by atoms with Crippen LogP contribution in [0, 0.1) is 11.6 Å². The number of hydrogen-bond donors (Lipinski definition) is 2. The van der Waals surface area contributed by atoms with Crippen LogP contribution in [0.2, 0.25) is 0 Å². The molecule has 2 unspecified atom stereocenters. The van der Waals surface area contributed by atoms with E-state index >= 15 is 0 Å². The van der Waals surface area contributed by atoms with Crippen molar-refractivity contribution in [1.29, 1.82) is 0 Å². The fraction of sp³-hybridized carbons (Fsp3) is 0.571. The van der Waals surface area contributed by atoms with Crippen LogP contribution in [0.15, 0.2) is 18.2 Å². The molecule has 1 aromatic carbocycles. The minimum Gasteiger partial charge on any atom is -0.387 e. The Morgan fingerprint density at radius 3 is 2.86 bits per heavy atom. The highest BCUT2D eigenvalue weighted by Gasteiger charge is 2.25. The molecule has 1 aliphatic heterocycles. The number of aliphatic hydroxyl groups is 1. The number of piperidine rings is 1. The normalized spacial score (nSPS) is 21.7. The summed E-state index contributed by atoms with van der Waals surface area (Å²) in [5, 5.41) is 10.1. The average molecular weight is 334 g/mol. The average Bonchev–Trinajstić information content (AvgIpc) is 2.40. The van der Waals surface area contributed by atoms with Gasteiger partial charge in [0, 0.05) is 24.7 Å². The molecule has 2 rings (SSSR count). The van der Waals surface area contributed by atoms with Gasteiger partial charge in [0.1, 0.15) is 11.6 Å². The van der Waals surface area contributed by atoms with E-state index in [4.69, 9.17) is 0 Å². The van der Waals surface area contributed by atoms with Gasteiger partial charge in [0.2, 0.25) is 10.0 Å². The van der Waals surface area contributed by atoms with E-state index < -0.39 is 27.8 Å². The number of rotatable bonds is 5. The van der Waals surface area contributed by atoms with Crippen molar-refractivity contribution < 1.29 is 22.3 Å². The summed E-state index contributed by atoms with van der Waals surface area (Å²) in [6.45, 7) is 1.24. The summed E-state index contributed by atoms with van der Waals surface area (Å²) >= 11 is 0. The number of β-amino-alcohol motifs (C(OH)–C–C–N with tert-alkyl or cyclic N) is 1. The fourth-order valence-electron chi connectivity index (χ4n) is 2.73. The second kappa shape index (κ2) is 6.99. The van der Waals surface area contributed by atoms with Gasteiger partial charge in [0.05, 0.1) is 12.4 Å². The molecule has 0 aliphatic carbocycles. The van der Waals surface area contributed by atoms with Crippen LogP contribution in [0.3, 0.4) is 0 Å². The topological polar surface area (TPSA) is 69.6 Å². The molecular weight excluding hydrogens is 314 g/mol. The van der Waals surface area contributed by atoms with Crippen molar-refractivity contribution in [2.75, 3.05) is 25.9 Å². The Hall–Kier alpha value is -1.09. The highest BCUT2D eigenvalue weighted by molar-refractivity contribution is 7.88. The van der Waals surface area contributed by atoms with Crippen LogP contribution in [0.4, 0.5) is 8.78 Å². The Kier molecular flexibility index (Phi) is 5.49. The molecule has 2 N–H and O–H groups in total. The van der Waals surface area contributed by atoms with Crippen LogP contribution < -0.4 is 4.72 Å². The summed E-state index contributed by atoms with van der Waals surface area (Å²) in [6.07, 6.45) is 1.43. The molecule has 1 fully saturated rings. The first-order chi connectivity index (χ1) is 10.2. The molecule has 0 saturated carbocycles. The van der Waals surface area contributed by atoms with E-state index in [1.165, 1.54) is 0 Å². The lowest BCUT2D eigenvalue weighted by Gasteiger charge is -2.34. The number of nitrogens with zero attached hydrogens (tertiary/aromatic N) is 1. The first-order valence-corrected chi connectivity index (χ1v) is 8.96. The number of halogens is 2. The molecule has 124 valence electrons. The minimum absolute atomic E-state index is 0.0850. The molecule has 22 heavy (non-hydrogen) atoms. The van der Waals surface area contributed by atoms with Crippen LogP contribution in [-0.4, -0.2) is 50.4 Å². The molecule has 2 atom stereocenters. The number of likely N-dealkylation sites (tertiary alicyclic amines) is 1. The monoisotopic (exact) mass is 334 g/mol. The second-order valence-electron chi connectivity index (χ2n) is 5.67. The van der Waals surface area contributed by atoms with Gasteiger partial charge in [-0.15, -0.1) is 0 Å². The number of benzene rings is 1. The van der Waals surface area contributed by atoms with Gasteiger partial charge in [-0.3, -0.25) is 4.90 Å². The maximum Gasteiger partial charge on any atom is 0.208 e. The Morgan fingerprint density at radius 1 is 1.45 bits per heavy atom. The van der Waals surface area contributed by atoms with Crippen LogP contribution in [-0.2, 0) is 10.0 Å². The van der Waals surface area contributed by atoms with Crippen molar-refractivity contribution in [3.05, 3.63) is 35.4 Å². The first-order valence-electron chi connectivity index (χ1n) is 7.07. The predicted molar refractivity (Wildman–Crippen MR) is 78.8 cm³/mol. The SMILES string of the molecule is CS(=O)(=O)NC1CCCN(CC(O)c2cc(F)ccc2F)C1. The molecule has 0 radical (unpaired) electrons. The van der Waals surface area contributed by atoms with E-state index in [0.717, 1.165) is 30.9 Å². The zero-order valence-electron chi connectivity index (χ0n) is 12.3. The maximum atomic E-state index is 13.6. The molecule has 1 heterocycles. The summed E-state index contributed by atoms with van der Waals surface area (Å²) in [5.74, 6) is -1.26. The quantitative estimate of drug-likeness (QED) is 0.843. The molecule has 1 saturated heterocycles. The minimum atomic E-state index is -3.29. The summed E-state index contributed by atoms with van der Waals surface area (Å²) in [4.78, 5) is 1.85. The standard InChI is InChI=1S/C14H20F2N2O3S/c1-22(20,21)17-11-3-2-6-18(8-11)9-14(19)12-7-10(15)4-5-13(12)16/h4-5,7,11,14,17,19H,2-3,6,8-9H2,1H3. The second-order valence-corrected chi connectivity index (χ2v) is 7.45. The van der Waals surface area contributed by atoms with Crippen molar-refractivity contribution in [3.8, 4) is 0 Å². The van der Waals surface area contributed by atoms with E-state index in [9.17, 15) is 22.3 Å². The predicted octanol–water partition coefficient (Wildman–Crippen LogP) is 1.01. The molecule has 0 aromatic heterocycles. The van der Waals surface area contributed by atoms with Crippen molar-refractivity contribution >= 4 is 10.0 Å². The fourth-order valence-corrected chi connectivity index (χ4v) is 3.53. The van der Waals surface area contributed by atoms with E-state index in [0.29, 0.717) is 19.5 Å². The van der Waals surface area contributed by atoms with Crippen LogP contribution in [0.25, 0.3) is 0 Å². The third-order valence-electron chi connectivity index (χ3n) is 3.63. The smallest absolute Gasteiger partial charge is 0.208 e. The van der Waals surface area contributed by atoms with E-state index in [-0.39, 0.29) is 18.2 Å². The number of sulfonamides is 1. The van der Waals surface area contributed by atoms with Crippen molar-refractivity contribution in [3.63, 3.8) is 0 Å². The molecule has 1 aliphatic rings. The van der Waals surface area contributed by atoms with Gasteiger partial charge >= 0.3 is 0 Å². The maximum absolute atomic E-state index is 13.6. The summed E-state index contributed by atoms with van der Waals surface area (Å²) in [7, 11) is -3.29. The molecule has 5 nitrogen and oxygen atoms in total. The Labute approximate surface area is 129 Å². The van der Waals surface area contributed by atoms with Gasteiger partial charge in [-0.1, -0.05) is 0 Å². The van der Waals surface area contributed by atoms with Gasteiger partial charge in [-0.25, -0.2) is 21.9 Å². The number of hydrogen-bond acceptors (Lipinski definition) is 4. The Balaban J connectivity index is 1.99. The largest absolute Gasteiger partial charge is 0.387 e. The third kappa shape index (κ3) is 4.98. The molecule has 0 bridgehead atoms. The first kappa shape index (κ1) is 17.3. The summed E-state index contributed by atoms with van der Waals surface area (Å²) in [5.41, 5.74) is -0.0850. The zero-order chi connectivity index (χ0) is 16.3. The highest BCUT2D eigenvalue weighted by Crippen LogP contribution is 2.21. The van der Waals surface area contributed by atoms with Gasteiger partial charge in [0.25, 0.3) is 0 Å². The van der Waals surface area contributed by atoms with E-state index in [1.54, 1.807) is 0 Å². The number of nitrogens with one attached hydrogen (secondary N) is 1. The molecule has 1 aromatic rings. The van der Waals surface area contributed by atoms with Crippen molar-refractivity contribution in [2.45, 2.75) is 25.0 Å². The Morgan fingerprint density at radius 2 is 2.18 bits per heavy atom. The van der Waals surface area contributed by atoms with Crippen molar-refractivity contribution in [2.24, 2.45) is 0 Å². The lowest BCUT2D eigenvalue weighted by molar-refractivity contribution is 0.0917. The van der Waals surface area contributed by atoms with Crippen LogP contribution in [0.5, 0.6) is 0 Å². The highest BCUT2D eigenvalue weighted by atomic mass is 32.2. The Bertz CT molecular complexity index is 625. The summed E-state index contributed by atoms with van der Waals surface area (Å²) in [6, 6.07) is 2.74. The third-order valence-corrected chi connectivity index (χ3v) is 4.40. The molecule has 0 amide bonds.